The molecule has 0 radical (unpaired) electrons. The van der Waals surface area contributed by atoms with Gasteiger partial charge in [0, 0.05) is 36.1 Å². The summed E-state index contributed by atoms with van der Waals surface area (Å²) in [6.07, 6.45) is 3.62. The number of aliphatic hydroxyl groups is 1. The van der Waals surface area contributed by atoms with Crippen LogP contribution in [0.1, 0.15) is 12.5 Å². The van der Waals surface area contributed by atoms with Crippen molar-refractivity contribution in [3.8, 4) is 11.5 Å². The molecule has 0 aliphatic rings. The lowest BCUT2D eigenvalue weighted by Gasteiger charge is -2.20. The van der Waals surface area contributed by atoms with E-state index >= 15 is 0 Å². The van der Waals surface area contributed by atoms with Crippen LogP contribution in [-0.2, 0) is 4.74 Å². The highest BCUT2D eigenvalue weighted by Gasteiger charge is 2.14. The standard InChI is InChI=1S/C25H25N7O3/c1-15-10-17(5-7-22(15)35-19-8-9-32-23(12-19)27-14-29-32)30-24-20-11-18(31-25(33)16(2)34-3)4-6-21(20)26-13-28-24/h4-14,16,25,31,33H,1-3H3,(H,26,28,30). The molecule has 3 heterocycles. The molecule has 10 heteroatoms. The Morgan fingerprint density at radius 2 is 1.83 bits per heavy atom. The maximum atomic E-state index is 10.2. The third-order valence-corrected chi connectivity index (χ3v) is 5.68. The zero-order valence-corrected chi connectivity index (χ0v) is 19.5. The van der Waals surface area contributed by atoms with Gasteiger partial charge in [0.1, 0.15) is 30.0 Å². The van der Waals surface area contributed by atoms with Crippen molar-refractivity contribution < 1.29 is 14.6 Å². The van der Waals surface area contributed by atoms with Gasteiger partial charge in [0.15, 0.2) is 11.9 Å². The lowest BCUT2D eigenvalue weighted by molar-refractivity contribution is 0.0148. The Bertz CT molecular complexity index is 1490. The van der Waals surface area contributed by atoms with Gasteiger partial charge in [-0.05, 0) is 61.9 Å². The fraction of sp³-hybridized carbons (Fsp3) is 0.200. The number of methoxy groups -OCH3 is 1. The number of rotatable bonds is 8. The van der Waals surface area contributed by atoms with Crippen molar-refractivity contribution in [3.63, 3.8) is 0 Å². The number of ether oxygens (including phenoxy) is 2. The molecular formula is C25H25N7O3. The SMILES string of the molecule is COC(C)C(O)Nc1ccc2ncnc(Nc3ccc(Oc4ccn5ncnc5c4)c(C)c3)c2c1. The minimum atomic E-state index is -0.848. The molecule has 3 N–H and O–H groups in total. The van der Waals surface area contributed by atoms with Crippen molar-refractivity contribution in [2.24, 2.45) is 0 Å². The van der Waals surface area contributed by atoms with Crippen LogP contribution in [0.4, 0.5) is 17.2 Å². The molecule has 0 aliphatic carbocycles. The second-order valence-electron chi connectivity index (χ2n) is 8.12. The van der Waals surface area contributed by atoms with Crippen LogP contribution >= 0.6 is 0 Å². The number of pyridine rings is 1. The van der Waals surface area contributed by atoms with Crippen LogP contribution in [0, 0.1) is 6.92 Å². The molecule has 2 aromatic carbocycles. The largest absolute Gasteiger partial charge is 0.457 e. The third-order valence-electron chi connectivity index (χ3n) is 5.68. The van der Waals surface area contributed by atoms with E-state index in [2.05, 4.69) is 30.7 Å². The first-order valence-corrected chi connectivity index (χ1v) is 11.1. The first-order valence-electron chi connectivity index (χ1n) is 11.1. The van der Waals surface area contributed by atoms with Gasteiger partial charge in [-0.1, -0.05) is 0 Å². The van der Waals surface area contributed by atoms with Crippen LogP contribution in [0.15, 0.2) is 67.4 Å². The Morgan fingerprint density at radius 3 is 2.66 bits per heavy atom. The van der Waals surface area contributed by atoms with E-state index in [4.69, 9.17) is 9.47 Å². The van der Waals surface area contributed by atoms with Crippen LogP contribution in [-0.4, -0.2) is 49.1 Å². The first-order chi connectivity index (χ1) is 17.0. The Hall–Kier alpha value is -4.28. The maximum absolute atomic E-state index is 10.2. The highest BCUT2D eigenvalue weighted by Crippen LogP contribution is 2.31. The van der Waals surface area contributed by atoms with Crippen molar-refractivity contribution in [2.75, 3.05) is 17.7 Å². The number of aromatic nitrogens is 5. The summed E-state index contributed by atoms with van der Waals surface area (Å²) in [5, 5.41) is 21.6. The van der Waals surface area contributed by atoms with Crippen molar-refractivity contribution in [2.45, 2.75) is 26.2 Å². The summed E-state index contributed by atoms with van der Waals surface area (Å²) >= 11 is 0. The predicted molar refractivity (Wildman–Crippen MR) is 133 cm³/mol. The van der Waals surface area contributed by atoms with E-state index in [1.807, 2.05) is 55.5 Å². The average molecular weight is 472 g/mol. The van der Waals surface area contributed by atoms with Crippen LogP contribution in [0.5, 0.6) is 11.5 Å². The lowest BCUT2D eigenvalue weighted by Crippen LogP contribution is -2.32. The van der Waals surface area contributed by atoms with Crippen LogP contribution < -0.4 is 15.4 Å². The molecule has 2 atom stereocenters. The molecule has 0 bridgehead atoms. The van der Waals surface area contributed by atoms with Gasteiger partial charge in [-0.2, -0.15) is 5.10 Å². The smallest absolute Gasteiger partial charge is 0.158 e. The zero-order chi connectivity index (χ0) is 24.4. The summed E-state index contributed by atoms with van der Waals surface area (Å²) in [6.45, 7) is 3.77. The van der Waals surface area contributed by atoms with Crippen molar-refractivity contribution in [1.29, 1.82) is 0 Å². The zero-order valence-electron chi connectivity index (χ0n) is 19.5. The molecule has 5 aromatic rings. The second kappa shape index (κ2) is 9.53. The van der Waals surface area contributed by atoms with Gasteiger partial charge >= 0.3 is 0 Å². The van der Waals surface area contributed by atoms with Crippen LogP contribution in [0.3, 0.4) is 0 Å². The number of nitrogens with one attached hydrogen (secondary N) is 2. The monoisotopic (exact) mass is 471 g/mol. The highest BCUT2D eigenvalue weighted by molar-refractivity contribution is 5.93. The summed E-state index contributed by atoms with van der Waals surface area (Å²) < 4.78 is 12.9. The fourth-order valence-electron chi connectivity index (χ4n) is 3.63. The molecule has 0 fully saturated rings. The Balaban J connectivity index is 1.37. The van der Waals surface area contributed by atoms with Crippen molar-refractivity contribution in [1.82, 2.24) is 24.6 Å². The minimum absolute atomic E-state index is 0.364. The van der Waals surface area contributed by atoms with E-state index in [1.165, 1.54) is 12.7 Å². The second-order valence-corrected chi connectivity index (χ2v) is 8.12. The Morgan fingerprint density at radius 1 is 0.971 bits per heavy atom. The highest BCUT2D eigenvalue weighted by atomic mass is 16.5. The first kappa shape index (κ1) is 22.5. The summed E-state index contributed by atoms with van der Waals surface area (Å²) in [6, 6.07) is 15.1. The average Bonchev–Trinajstić information content (AvgIpc) is 3.33. The normalized spacial score (nSPS) is 13.0. The number of hydrogen-bond donors (Lipinski definition) is 3. The molecule has 2 unspecified atom stereocenters. The van der Waals surface area contributed by atoms with Gasteiger partial charge in [0.05, 0.1) is 11.6 Å². The van der Waals surface area contributed by atoms with Crippen molar-refractivity contribution >= 4 is 33.7 Å². The van der Waals surface area contributed by atoms with Gasteiger partial charge in [-0.15, -0.1) is 0 Å². The van der Waals surface area contributed by atoms with E-state index in [0.29, 0.717) is 17.2 Å². The molecule has 0 spiro atoms. The summed E-state index contributed by atoms with van der Waals surface area (Å²) in [5.74, 6) is 2.07. The number of aryl methyl sites for hydroxylation is 1. The topological polar surface area (TPSA) is 119 Å². The molecule has 3 aromatic heterocycles. The third kappa shape index (κ3) is 4.84. The van der Waals surface area contributed by atoms with E-state index < -0.39 is 6.23 Å². The summed E-state index contributed by atoms with van der Waals surface area (Å²) in [5.41, 5.74) is 4.04. The van der Waals surface area contributed by atoms with Gasteiger partial charge < -0.3 is 25.2 Å². The molecule has 5 rings (SSSR count). The molecule has 0 amide bonds. The molecule has 0 aliphatic heterocycles. The fourth-order valence-corrected chi connectivity index (χ4v) is 3.63. The van der Waals surface area contributed by atoms with Gasteiger partial charge in [0.2, 0.25) is 0 Å². The number of fused-ring (bicyclic) bond motifs is 2. The van der Waals surface area contributed by atoms with Crippen molar-refractivity contribution in [3.05, 3.63) is 72.9 Å². The predicted octanol–water partition coefficient (Wildman–Crippen LogP) is 4.28. The number of benzene rings is 2. The summed E-state index contributed by atoms with van der Waals surface area (Å²) in [7, 11) is 1.56. The van der Waals surface area contributed by atoms with Crippen LogP contribution in [0.25, 0.3) is 16.6 Å². The van der Waals surface area contributed by atoms with E-state index in [-0.39, 0.29) is 6.10 Å². The molecular weight excluding hydrogens is 446 g/mol. The van der Waals surface area contributed by atoms with Gasteiger partial charge in [-0.25, -0.2) is 19.5 Å². The molecule has 0 saturated carbocycles. The van der Waals surface area contributed by atoms with E-state index in [1.54, 1.807) is 24.7 Å². The summed E-state index contributed by atoms with van der Waals surface area (Å²) in [4.78, 5) is 13.0. The Kier molecular flexibility index (Phi) is 6.13. The molecule has 0 saturated heterocycles. The van der Waals surface area contributed by atoms with E-state index in [0.717, 1.165) is 33.6 Å². The van der Waals surface area contributed by atoms with Gasteiger partial charge in [-0.3, -0.25) is 0 Å². The Labute approximate surface area is 201 Å². The molecule has 35 heavy (non-hydrogen) atoms. The van der Waals surface area contributed by atoms with E-state index in [9.17, 15) is 5.11 Å². The minimum Gasteiger partial charge on any atom is -0.457 e. The number of nitrogens with zero attached hydrogens (tertiary/aromatic N) is 5. The maximum Gasteiger partial charge on any atom is 0.158 e. The number of hydrogen-bond acceptors (Lipinski definition) is 9. The van der Waals surface area contributed by atoms with Crippen LogP contribution in [0.2, 0.25) is 0 Å². The number of aliphatic hydroxyl groups excluding tert-OH is 1. The molecule has 10 nitrogen and oxygen atoms in total. The quantitative estimate of drug-likeness (QED) is 0.285. The van der Waals surface area contributed by atoms with Gasteiger partial charge in [0.25, 0.3) is 0 Å². The lowest BCUT2D eigenvalue weighted by atomic mass is 10.1. The molecule has 178 valence electrons. The number of anilines is 3.